The molecule has 0 heterocycles. The third-order valence-electron chi connectivity index (χ3n) is 1.75. The highest BCUT2D eigenvalue weighted by molar-refractivity contribution is 9.10. The number of rotatable bonds is 4. The quantitative estimate of drug-likeness (QED) is 0.841. The van der Waals surface area contributed by atoms with Gasteiger partial charge in [-0.25, -0.2) is 0 Å². The van der Waals surface area contributed by atoms with Gasteiger partial charge in [0.1, 0.15) is 18.4 Å². The van der Waals surface area contributed by atoms with Crippen molar-refractivity contribution in [1.29, 1.82) is 0 Å². The second kappa shape index (κ2) is 5.72. The summed E-state index contributed by atoms with van der Waals surface area (Å²) < 4.78 is 10.7. The molecule has 0 aliphatic carbocycles. The second-order valence-corrected chi connectivity index (χ2v) is 3.81. The summed E-state index contributed by atoms with van der Waals surface area (Å²) in [6.45, 7) is 0.105. The normalized spacial score (nSPS) is 11.9. The summed E-state index contributed by atoms with van der Waals surface area (Å²) >= 11 is 3.31. The Morgan fingerprint density at radius 2 is 2.07 bits per heavy atom. The highest BCUT2D eigenvalue weighted by atomic mass is 79.9. The molecule has 0 aromatic heterocycles. The maximum atomic E-state index is 11.0. The first-order chi connectivity index (χ1) is 7.13. The molecule has 1 atom stereocenters. The lowest BCUT2D eigenvalue weighted by Crippen LogP contribution is -2.37. The Morgan fingerprint density at radius 1 is 1.47 bits per heavy atom. The summed E-state index contributed by atoms with van der Waals surface area (Å²) in [5.74, 6) is 0.185. The number of carbonyl (C=O) groups is 1. The van der Waals surface area contributed by atoms with Crippen LogP contribution in [0.4, 0.5) is 0 Å². The molecular formula is C10H12BrNO3. The standard InChI is InChI=1S/C10H12BrNO3/c1-14-10(13)9(12)6-15-8-4-2-7(11)3-5-8/h2-5,9H,6,12H2,1H3. The number of halogens is 1. The van der Waals surface area contributed by atoms with Crippen LogP contribution in [-0.2, 0) is 9.53 Å². The van der Waals surface area contributed by atoms with E-state index in [9.17, 15) is 4.79 Å². The summed E-state index contributed by atoms with van der Waals surface area (Å²) in [6, 6.07) is 6.51. The average molecular weight is 274 g/mol. The van der Waals surface area contributed by atoms with Gasteiger partial charge in [-0.3, -0.25) is 4.79 Å². The van der Waals surface area contributed by atoms with Crippen LogP contribution in [0.25, 0.3) is 0 Å². The monoisotopic (exact) mass is 273 g/mol. The first-order valence-electron chi connectivity index (χ1n) is 4.35. The SMILES string of the molecule is COC(=O)C(N)COc1ccc(Br)cc1. The largest absolute Gasteiger partial charge is 0.491 e. The summed E-state index contributed by atoms with van der Waals surface area (Å²) in [4.78, 5) is 11.0. The molecule has 0 saturated heterocycles. The van der Waals surface area contributed by atoms with E-state index < -0.39 is 12.0 Å². The summed E-state index contributed by atoms with van der Waals surface area (Å²) in [7, 11) is 1.29. The van der Waals surface area contributed by atoms with E-state index in [1.54, 1.807) is 12.1 Å². The number of esters is 1. The van der Waals surface area contributed by atoms with Crippen molar-refractivity contribution in [3.8, 4) is 5.75 Å². The first kappa shape index (κ1) is 12.0. The Bertz CT molecular complexity index is 326. The van der Waals surface area contributed by atoms with Crippen molar-refractivity contribution >= 4 is 21.9 Å². The van der Waals surface area contributed by atoms with Crippen LogP contribution in [0.1, 0.15) is 0 Å². The molecule has 4 nitrogen and oxygen atoms in total. The van der Waals surface area contributed by atoms with Gasteiger partial charge < -0.3 is 15.2 Å². The summed E-state index contributed by atoms with van der Waals surface area (Å²) in [5.41, 5.74) is 5.50. The molecule has 82 valence electrons. The number of hydrogen-bond donors (Lipinski definition) is 1. The van der Waals surface area contributed by atoms with Crippen molar-refractivity contribution in [3.05, 3.63) is 28.7 Å². The van der Waals surface area contributed by atoms with E-state index in [1.807, 2.05) is 12.1 Å². The lowest BCUT2D eigenvalue weighted by molar-refractivity contribution is -0.142. The number of carbonyl (C=O) groups excluding carboxylic acids is 1. The predicted octanol–water partition coefficient (Wildman–Crippen LogP) is 1.33. The van der Waals surface area contributed by atoms with E-state index in [0.29, 0.717) is 5.75 Å². The zero-order valence-electron chi connectivity index (χ0n) is 8.27. The van der Waals surface area contributed by atoms with Gasteiger partial charge in [0, 0.05) is 4.47 Å². The highest BCUT2D eigenvalue weighted by Gasteiger charge is 2.13. The van der Waals surface area contributed by atoms with Gasteiger partial charge in [-0.05, 0) is 24.3 Å². The van der Waals surface area contributed by atoms with E-state index in [-0.39, 0.29) is 6.61 Å². The van der Waals surface area contributed by atoms with Gasteiger partial charge in [-0.2, -0.15) is 0 Å². The fourth-order valence-corrected chi connectivity index (χ4v) is 1.20. The second-order valence-electron chi connectivity index (χ2n) is 2.89. The number of nitrogens with two attached hydrogens (primary N) is 1. The van der Waals surface area contributed by atoms with Crippen molar-refractivity contribution in [2.24, 2.45) is 5.73 Å². The lowest BCUT2D eigenvalue weighted by Gasteiger charge is -2.10. The van der Waals surface area contributed by atoms with Crippen molar-refractivity contribution in [3.63, 3.8) is 0 Å². The minimum Gasteiger partial charge on any atom is -0.491 e. The van der Waals surface area contributed by atoms with Gasteiger partial charge >= 0.3 is 5.97 Å². The van der Waals surface area contributed by atoms with E-state index in [0.717, 1.165) is 4.47 Å². The van der Waals surface area contributed by atoms with Gasteiger partial charge in [-0.15, -0.1) is 0 Å². The molecule has 0 amide bonds. The smallest absolute Gasteiger partial charge is 0.326 e. The molecule has 0 spiro atoms. The molecule has 1 unspecified atom stereocenters. The van der Waals surface area contributed by atoms with Crippen LogP contribution in [0.5, 0.6) is 5.75 Å². The fourth-order valence-electron chi connectivity index (χ4n) is 0.936. The molecule has 1 aromatic rings. The molecule has 2 N–H and O–H groups in total. The maximum absolute atomic E-state index is 11.0. The van der Waals surface area contributed by atoms with E-state index in [1.165, 1.54) is 7.11 Å². The number of hydrogen-bond acceptors (Lipinski definition) is 4. The van der Waals surface area contributed by atoms with Gasteiger partial charge in [0.15, 0.2) is 0 Å². The van der Waals surface area contributed by atoms with Crippen LogP contribution in [0.3, 0.4) is 0 Å². The van der Waals surface area contributed by atoms with Crippen LogP contribution in [0.2, 0.25) is 0 Å². The van der Waals surface area contributed by atoms with E-state index in [2.05, 4.69) is 20.7 Å². The predicted molar refractivity (Wildman–Crippen MR) is 59.6 cm³/mol. The highest BCUT2D eigenvalue weighted by Crippen LogP contribution is 2.16. The fraction of sp³-hybridized carbons (Fsp3) is 0.300. The van der Waals surface area contributed by atoms with Crippen LogP contribution in [-0.4, -0.2) is 25.7 Å². The molecule has 1 rings (SSSR count). The minimum absolute atomic E-state index is 0.105. The zero-order chi connectivity index (χ0) is 11.3. The molecular weight excluding hydrogens is 262 g/mol. The maximum Gasteiger partial charge on any atom is 0.326 e. The van der Waals surface area contributed by atoms with Crippen molar-refractivity contribution in [2.45, 2.75) is 6.04 Å². The third kappa shape index (κ3) is 3.89. The molecule has 0 bridgehead atoms. The molecule has 1 aromatic carbocycles. The van der Waals surface area contributed by atoms with Crippen molar-refractivity contribution in [1.82, 2.24) is 0 Å². The average Bonchev–Trinajstić information content (AvgIpc) is 2.26. The van der Waals surface area contributed by atoms with E-state index in [4.69, 9.17) is 10.5 Å². The van der Waals surface area contributed by atoms with Crippen molar-refractivity contribution in [2.75, 3.05) is 13.7 Å². The number of benzene rings is 1. The van der Waals surface area contributed by atoms with E-state index >= 15 is 0 Å². The Balaban J connectivity index is 2.43. The molecule has 15 heavy (non-hydrogen) atoms. The van der Waals surface area contributed by atoms with Crippen molar-refractivity contribution < 1.29 is 14.3 Å². The summed E-state index contributed by atoms with van der Waals surface area (Å²) in [5, 5.41) is 0. The Kier molecular flexibility index (Phi) is 4.58. The zero-order valence-corrected chi connectivity index (χ0v) is 9.86. The summed E-state index contributed by atoms with van der Waals surface area (Å²) in [6.07, 6.45) is 0. The molecule has 0 aliphatic heterocycles. The Hall–Kier alpha value is -1.07. The lowest BCUT2D eigenvalue weighted by atomic mass is 10.3. The third-order valence-corrected chi connectivity index (χ3v) is 2.28. The van der Waals surface area contributed by atoms with Gasteiger partial charge in [-0.1, -0.05) is 15.9 Å². The van der Waals surface area contributed by atoms with Gasteiger partial charge in [0.25, 0.3) is 0 Å². The number of methoxy groups -OCH3 is 1. The van der Waals surface area contributed by atoms with Crippen LogP contribution >= 0.6 is 15.9 Å². The molecule has 0 saturated carbocycles. The topological polar surface area (TPSA) is 61.5 Å². The van der Waals surface area contributed by atoms with Crippen LogP contribution in [0.15, 0.2) is 28.7 Å². The van der Waals surface area contributed by atoms with Crippen LogP contribution < -0.4 is 10.5 Å². The van der Waals surface area contributed by atoms with Gasteiger partial charge in [0.05, 0.1) is 7.11 Å². The molecule has 5 heteroatoms. The minimum atomic E-state index is -0.751. The number of ether oxygens (including phenoxy) is 2. The molecule has 0 fully saturated rings. The first-order valence-corrected chi connectivity index (χ1v) is 5.14. The Labute approximate surface area is 96.5 Å². The Morgan fingerprint density at radius 3 is 2.60 bits per heavy atom. The van der Waals surface area contributed by atoms with Gasteiger partial charge in [0.2, 0.25) is 0 Å². The molecule has 0 aliphatic rings. The molecule has 0 radical (unpaired) electrons. The van der Waals surface area contributed by atoms with Crippen LogP contribution in [0, 0.1) is 0 Å².